The first-order valence-electron chi connectivity index (χ1n) is 9.55. The summed E-state index contributed by atoms with van der Waals surface area (Å²) in [5.41, 5.74) is 1.57. The third-order valence-electron chi connectivity index (χ3n) is 4.83. The van der Waals surface area contributed by atoms with Gasteiger partial charge in [-0.1, -0.05) is 27.5 Å². The SMILES string of the molecule is COc1ccc(Cl)cc1N=c1oc2ccc(Br)cc2cc1C(=O)NC[C@H]1CCCO1. The molecule has 2 heterocycles. The Hall–Kier alpha value is -2.35. The highest BCUT2D eigenvalue weighted by molar-refractivity contribution is 9.10. The standard InChI is InChI=1S/C22H20BrClN2O4/c1-28-20-7-5-15(24)11-18(20)26-22-17(21(27)25-12-16-3-2-8-29-16)10-13-9-14(23)4-6-19(13)30-22/h4-7,9-11,16H,2-3,8,12H2,1H3,(H,25,27)/t16-/m1/s1. The molecule has 2 aromatic carbocycles. The number of carbonyl (C=O) groups is 1. The minimum absolute atomic E-state index is 0.0360. The predicted octanol–water partition coefficient (Wildman–Crippen LogP) is 5.00. The summed E-state index contributed by atoms with van der Waals surface area (Å²) in [5.74, 6) is 0.243. The number of nitrogens with one attached hydrogen (secondary N) is 1. The van der Waals surface area contributed by atoms with E-state index in [1.54, 1.807) is 31.4 Å². The van der Waals surface area contributed by atoms with E-state index >= 15 is 0 Å². The van der Waals surface area contributed by atoms with E-state index in [9.17, 15) is 4.79 Å². The molecule has 156 valence electrons. The topological polar surface area (TPSA) is 73.1 Å². The zero-order valence-electron chi connectivity index (χ0n) is 16.3. The first-order valence-corrected chi connectivity index (χ1v) is 10.7. The minimum Gasteiger partial charge on any atom is -0.494 e. The van der Waals surface area contributed by atoms with E-state index in [1.165, 1.54) is 0 Å². The number of amides is 1. The molecule has 1 atom stereocenters. The molecular formula is C22H20BrClN2O4. The molecule has 1 amide bonds. The van der Waals surface area contributed by atoms with Gasteiger partial charge >= 0.3 is 0 Å². The van der Waals surface area contributed by atoms with E-state index in [0.717, 1.165) is 29.3 Å². The molecule has 1 saturated heterocycles. The molecule has 1 aliphatic heterocycles. The summed E-state index contributed by atoms with van der Waals surface area (Å²) in [6, 6.07) is 12.4. The Kier molecular flexibility index (Phi) is 6.41. The minimum atomic E-state index is -0.282. The van der Waals surface area contributed by atoms with Gasteiger partial charge in [-0.15, -0.1) is 0 Å². The fraction of sp³-hybridized carbons (Fsp3) is 0.273. The van der Waals surface area contributed by atoms with Crippen molar-refractivity contribution in [1.29, 1.82) is 0 Å². The molecule has 30 heavy (non-hydrogen) atoms. The lowest BCUT2D eigenvalue weighted by Gasteiger charge is -2.11. The van der Waals surface area contributed by atoms with Crippen molar-refractivity contribution in [2.45, 2.75) is 18.9 Å². The Bertz CT molecular complexity index is 1160. The number of methoxy groups -OCH3 is 1. The molecule has 1 aromatic heterocycles. The molecule has 0 spiro atoms. The third kappa shape index (κ3) is 4.69. The summed E-state index contributed by atoms with van der Waals surface area (Å²) < 4.78 is 17.9. The van der Waals surface area contributed by atoms with Gasteiger partial charge < -0.3 is 19.2 Å². The lowest BCUT2D eigenvalue weighted by molar-refractivity contribution is 0.0854. The monoisotopic (exact) mass is 490 g/mol. The van der Waals surface area contributed by atoms with Crippen LogP contribution in [0.15, 0.2) is 56.3 Å². The maximum Gasteiger partial charge on any atom is 0.256 e. The number of benzene rings is 2. The Balaban J connectivity index is 1.80. The number of rotatable bonds is 5. The largest absolute Gasteiger partial charge is 0.494 e. The zero-order chi connectivity index (χ0) is 21.1. The molecule has 1 fully saturated rings. The van der Waals surface area contributed by atoms with E-state index in [0.29, 0.717) is 34.2 Å². The highest BCUT2D eigenvalue weighted by Gasteiger charge is 2.19. The van der Waals surface area contributed by atoms with Crippen molar-refractivity contribution >= 4 is 50.1 Å². The molecule has 8 heteroatoms. The van der Waals surface area contributed by atoms with Gasteiger partial charge in [0, 0.05) is 28.0 Å². The highest BCUT2D eigenvalue weighted by Crippen LogP contribution is 2.30. The van der Waals surface area contributed by atoms with Crippen LogP contribution in [0.5, 0.6) is 5.75 Å². The Morgan fingerprint density at radius 2 is 2.17 bits per heavy atom. The van der Waals surface area contributed by atoms with Gasteiger partial charge in [0.15, 0.2) is 0 Å². The van der Waals surface area contributed by atoms with Crippen molar-refractivity contribution < 1.29 is 18.7 Å². The van der Waals surface area contributed by atoms with Gasteiger partial charge in [0.25, 0.3) is 5.91 Å². The molecule has 0 unspecified atom stereocenters. The average Bonchev–Trinajstić information content (AvgIpc) is 3.25. The molecule has 3 aromatic rings. The van der Waals surface area contributed by atoms with Gasteiger partial charge in [-0.05, 0) is 55.3 Å². The maximum atomic E-state index is 13.0. The fourth-order valence-electron chi connectivity index (χ4n) is 3.31. The van der Waals surface area contributed by atoms with Crippen LogP contribution in [0.4, 0.5) is 5.69 Å². The second-order valence-electron chi connectivity index (χ2n) is 6.92. The van der Waals surface area contributed by atoms with Crippen molar-refractivity contribution in [2.24, 2.45) is 4.99 Å². The number of nitrogens with zero attached hydrogens (tertiary/aromatic N) is 1. The Morgan fingerprint density at radius 1 is 1.30 bits per heavy atom. The van der Waals surface area contributed by atoms with Crippen LogP contribution in [0.3, 0.4) is 0 Å². The Morgan fingerprint density at radius 3 is 2.93 bits per heavy atom. The van der Waals surface area contributed by atoms with Gasteiger partial charge in [0.2, 0.25) is 5.55 Å². The van der Waals surface area contributed by atoms with Crippen molar-refractivity contribution in [3.8, 4) is 5.75 Å². The molecule has 1 aliphatic rings. The molecule has 1 N–H and O–H groups in total. The first kappa shape index (κ1) is 20.9. The van der Waals surface area contributed by atoms with Crippen molar-refractivity contribution in [3.63, 3.8) is 0 Å². The number of hydrogen-bond acceptors (Lipinski definition) is 5. The second kappa shape index (κ2) is 9.20. The van der Waals surface area contributed by atoms with Crippen LogP contribution < -0.4 is 15.6 Å². The first-order chi connectivity index (χ1) is 14.5. The number of hydrogen-bond donors (Lipinski definition) is 1. The van der Waals surface area contributed by atoms with Gasteiger partial charge in [-0.25, -0.2) is 4.99 Å². The summed E-state index contributed by atoms with van der Waals surface area (Å²) in [6.45, 7) is 1.17. The predicted molar refractivity (Wildman–Crippen MR) is 118 cm³/mol. The molecule has 0 bridgehead atoms. The quantitative estimate of drug-likeness (QED) is 0.545. The van der Waals surface area contributed by atoms with Crippen molar-refractivity contribution in [1.82, 2.24) is 5.32 Å². The van der Waals surface area contributed by atoms with Gasteiger partial charge in [-0.3, -0.25) is 4.79 Å². The zero-order valence-corrected chi connectivity index (χ0v) is 18.6. The Labute approximate surface area is 187 Å². The van der Waals surface area contributed by atoms with Crippen LogP contribution in [-0.2, 0) is 4.74 Å². The lowest BCUT2D eigenvalue weighted by Crippen LogP contribution is -2.34. The van der Waals surface area contributed by atoms with Crippen LogP contribution in [0.2, 0.25) is 5.02 Å². The van der Waals surface area contributed by atoms with Crippen molar-refractivity contribution in [2.75, 3.05) is 20.3 Å². The average molecular weight is 492 g/mol. The second-order valence-corrected chi connectivity index (χ2v) is 8.27. The maximum absolute atomic E-state index is 13.0. The van der Waals surface area contributed by atoms with Crippen LogP contribution in [0.25, 0.3) is 11.0 Å². The molecule has 4 rings (SSSR count). The number of carbonyl (C=O) groups excluding carboxylic acids is 1. The molecule has 0 saturated carbocycles. The summed E-state index contributed by atoms with van der Waals surface area (Å²) in [4.78, 5) is 17.6. The van der Waals surface area contributed by atoms with E-state index in [2.05, 4.69) is 26.2 Å². The summed E-state index contributed by atoms with van der Waals surface area (Å²) >= 11 is 9.59. The molecular weight excluding hydrogens is 472 g/mol. The fourth-order valence-corrected chi connectivity index (χ4v) is 3.86. The molecule has 0 aliphatic carbocycles. The summed E-state index contributed by atoms with van der Waals surface area (Å²) in [6.07, 6.45) is 1.98. The van der Waals surface area contributed by atoms with E-state index in [1.807, 2.05) is 18.2 Å². The van der Waals surface area contributed by atoms with E-state index in [4.69, 9.17) is 25.5 Å². The lowest BCUT2D eigenvalue weighted by atomic mass is 10.1. The van der Waals surface area contributed by atoms with E-state index in [-0.39, 0.29) is 17.6 Å². The smallest absolute Gasteiger partial charge is 0.256 e. The third-order valence-corrected chi connectivity index (χ3v) is 5.56. The number of ether oxygens (including phenoxy) is 2. The number of fused-ring (bicyclic) bond motifs is 1. The van der Waals surface area contributed by atoms with Crippen LogP contribution in [0, 0.1) is 0 Å². The van der Waals surface area contributed by atoms with Gasteiger partial charge in [-0.2, -0.15) is 0 Å². The van der Waals surface area contributed by atoms with Crippen molar-refractivity contribution in [3.05, 3.63) is 63.1 Å². The number of halogens is 2. The van der Waals surface area contributed by atoms with Crippen LogP contribution >= 0.6 is 27.5 Å². The van der Waals surface area contributed by atoms with Gasteiger partial charge in [0.1, 0.15) is 22.6 Å². The van der Waals surface area contributed by atoms with Crippen LogP contribution in [-0.4, -0.2) is 32.3 Å². The van der Waals surface area contributed by atoms with Gasteiger partial charge in [0.05, 0.1) is 13.2 Å². The van der Waals surface area contributed by atoms with Crippen LogP contribution in [0.1, 0.15) is 23.2 Å². The normalized spacial score (nSPS) is 16.8. The van der Waals surface area contributed by atoms with E-state index < -0.39 is 0 Å². The highest BCUT2D eigenvalue weighted by atomic mass is 79.9. The molecule has 6 nitrogen and oxygen atoms in total. The summed E-state index contributed by atoms with van der Waals surface area (Å²) in [7, 11) is 1.55. The summed E-state index contributed by atoms with van der Waals surface area (Å²) in [5, 5.41) is 4.22. The molecule has 0 radical (unpaired) electrons.